The van der Waals surface area contributed by atoms with Gasteiger partial charge in [-0.05, 0) is 49.5 Å². The van der Waals surface area contributed by atoms with Crippen LogP contribution in [0.4, 0.5) is 0 Å². The Kier molecular flexibility index (Phi) is 4.83. The standard InChI is InChI=1S/C16H26N2O/c1-18(13-16(12-17)8-3-4-9-16)11-14-6-5-7-15(10-14)19-2/h5-7,10H,3-4,8-9,11-13,17H2,1-2H3. The van der Waals surface area contributed by atoms with Gasteiger partial charge in [-0.25, -0.2) is 0 Å². The quantitative estimate of drug-likeness (QED) is 0.856. The fourth-order valence-corrected chi connectivity index (χ4v) is 3.26. The Bertz CT molecular complexity index is 399. The lowest BCUT2D eigenvalue weighted by Crippen LogP contribution is -2.39. The van der Waals surface area contributed by atoms with E-state index in [1.54, 1.807) is 7.11 Å². The van der Waals surface area contributed by atoms with Gasteiger partial charge in [-0.15, -0.1) is 0 Å². The Labute approximate surface area is 116 Å². The summed E-state index contributed by atoms with van der Waals surface area (Å²) < 4.78 is 5.27. The molecule has 2 N–H and O–H groups in total. The van der Waals surface area contributed by atoms with Crippen LogP contribution < -0.4 is 10.5 Å². The van der Waals surface area contributed by atoms with Crippen molar-refractivity contribution in [2.45, 2.75) is 32.2 Å². The van der Waals surface area contributed by atoms with Crippen LogP contribution in [0, 0.1) is 5.41 Å². The fourth-order valence-electron chi connectivity index (χ4n) is 3.26. The number of nitrogens with zero attached hydrogens (tertiary/aromatic N) is 1. The molecule has 0 spiro atoms. The second kappa shape index (κ2) is 6.40. The molecule has 0 saturated heterocycles. The van der Waals surface area contributed by atoms with Crippen LogP contribution >= 0.6 is 0 Å². The first-order chi connectivity index (χ1) is 9.17. The number of ether oxygens (including phenoxy) is 1. The van der Waals surface area contributed by atoms with Crippen LogP contribution in [-0.4, -0.2) is 32.1 Å². The number of benzene rings is 1. The second-order valence-electron chi connectivity index (χ2n) is 5.94. The number of rotatable bonds is 6. The monoisotopic (exact) mass is 262 g/mol. The van der Waals surface area contributed by atoms with Crippen LogP contribution in [-0.2, 0) is 6.54 Å². The molecular weight excluding hydrogens is 236 g/mol. The van der Waals surface area contributed by atoms with E-state index < -0.39 is 0 Å². The second-order valence-corrected chi connectivity index (χ2v) is 5.94. The van der Waals surface area contributed by atoms with E-state index in [1.807, 2.05) is 6.07 Å². The first-order valence-electron chi connectivity index (χ1n) is 7.19. The zero-order valence-electron chi connectivity index (χ0n) is 12.2. The summed E-state index contributed by atoms with van der Waals surface area (Å²) in [7, 11) is 3.90. The van der Waals surface area contributed by atoms with E-state index in [0.717, 1.165) is 25.4 Å². The third-order valence-electron chi connectivity index (χ3n) is 4.29. The molecular formula is C16H26N2O. The molecule has 1 saturated carbocycles. The lowest BCUT2D eigenvalue weighted by molar-refractivity contribution is 0.179. The highest BCUT2D eigenvalue weighted by atomic mass is 16.5. The highest BCUT2D eigenvalue weighted by molar-refractivity contribution is 5.28. The minimum atomic E-state index is 0.355. The zero-order chi connectivity index (χ0) is 13.7. The Morgan fingerprint density at radius 1 is 1.32 bits per heavy atom. The molecule has 19 heavy (non-hydrogen) atoms. The molecule has 1 aromatic carbocycles. The molecule has 106 valence electrons. The van der Waals surface area contributed by atoms with Crippen LogP contribution in [0.2, 0.25) is 0 Å². The molecule has 0 radical (unpaired) electrons. The number of nitrogens with two attached hydrogens (primary N) is 1. The molecule has 0 atom stereocenters. The van der Waals surface area contributed by atoms with Crippen LogP contribution in [0.1, 0.15) is 31.2 Å². The third-order valence-corrected chi connectivity index (χ3v) is 4.29. The van der Waals surface area contributed by atoms with Crippen molar-refractivity contribution in [3.05, 3.63) is 29.8 Å². The Morgan fingerprint density at radius 3 is 2.68 bits per heavy atom. The molecule has 1 fully saturated rings. The molecule has 0 aliphatic heterocycles. The summed E-state index contributed by atoms with van der Waals surface area (Å²) in [6.07, 6.45) is 5.24. The van der Waals surface area contributed by atoms with Gasteiger partial charge in [0.15, 0.2) is 0 Å². The maximum absolute atomic E-state index is 6.01. The molecule has 1 aromatic rings. The van der Waals surface area contributed by atoms with Gasteiger partial charge in [-0.1, -0.05) is 25.0 Å². The molecule has 0 heterocycles. The van der Waals surface area contributed by atoms with Crippen molar-refractivity contribution in [2.75, 3.05) is 27.2 Å². The molecule has 0 aromatic heterocycles. The van der Waals surface area contributed by atoms with Gasteiger partial charge in [0, 0.05) is 13.1 Å². The van der Waals surface area contributed by atoms with Crippen molar-refractivity contribution in [1.82, 2.24) is 4.90 Å². The molecule has 3 heteroatoms. The van der Waals surface area contributed by atoms with Crippen molar-refractivity contribution in [1.29, 1.82) is 0 Å². The summed E-state index contributed by atoms with van der Waals surface area (Å²) in [4.78, 5) is 2.40. The highest BCUT2D eigenvalue weighted by Gasteiger charge is 2.33. The van der Waals surface area contributed by atoms with E-state index >= 15 is 0 Å². The van der Waals surface area contributed by atoms with Gasteiger partial charge in [0.2, 0.25) is 0 Å². The Balaban J connectivity index is 1.94. The predicted molar refractivity (Wildman–Crippen MR) is 79.3 cm³/mol. The summed E-state index contributed by atoms with van der Waals surface area (Å²) in [6.45, 7) is 2.87. The van der Waals surface area contributed by atoms with Crippen molar-refractivity contribution >= 4 is 0 Å². The average molecular weight is 262 g/mol. The number of hydrogen-bond donors (Lipinski definition) is 1. The van der Waals surface area contributed by atoms with E-state index in [2.05, 4.69) is 30.1 Å². The van der Waals surface area contributed by atoms with E-state index in [1.165, 1.54) is 31.2 Å². The summed E-state index contributed by atoms with van der Waals surface area (Å²) in [5.41, 5.74) is 7.66. The minimum Gasteiger partial charge on any atom is -0.497 e. The van der Waals surface area contributed by atoms with Crippen LogP contribution in [0.3, 0.4) is 0 Å². The molecule has 2 rings (SSSR count). The van der Waals surface area contributed by atoms with E-state index in [4.69, 9.17) is 10.5 Å². The average Bonchev–Trinajstić information content (AvgIpc) is 2.88. The summed E-state index contributed by atoms with van der Waals surface area (Å²) in [6, 6.07) is 8.31. The predicted octanol–water partition coefficient (Wildman–Crippen LogP) is 2.65. The lowest BCUT2D eigenvalue weighted by atomic mass is 9.86. The largest absolute Gasteiger partial charge is 0.497 e. The van der Waals surface area contributed by atoms with Gasteiger partial charge < -0.3 is 15.4 Å². The minimum absolute atomic E-state index is 0.355. The molecule has 1 aliphatic carbocycles. The fraction of sp³-hybridized carbons (Fsp3) is 0.625. The van der Waals surface area contributed by atoms with Crippen molar-refractivity contribution in [3.8, 4) is 5.75 Å². The Morgan fingerprint density at radius 2 is 2.05 bits per heavy atom. The van der Waals surface area contributed by atoms with Crippen molar-refractivity contribution in [3.63, 3.8) is 0 Å². The molecule has 1 aliphatic rings. The summed E-state index contributed by atoms with van der Waals surface area (Å²) in [5, 5.41) is 0. The first-order valence-corrected chi connectivity index (χ1v) is 7.19. The number of methoxy groups -OCH3 is 1. The summed E-state index contributed by atoms with van der Waals surface area (Å²) >= 11 is 0. The molecule has 3 nitrogen and oxygen atoms in total. The van der Waals surface area contributed by atoms with Gasteiger partial charge >= 0.3 is 0 Å². The van der Waals surface area contributed by atoms with Gasteiger partial charge in [-0.3, -0.25) is 0 Å². The molecule has 0 bridgehead atoms. The van der Waals surface area contributed by atoms with Gasteiger partial charge in [-0.2, -0.15) is 0 Å². The smallest absolute Gasteiger partial charge is 0.119 e. The van der Waals surface area contributed by atoms with Crippen LogP contribution in [0.5, 0.6) is 5.75 Å². The normalized spacial score (nSPS) is 17.9. The maximum Gasteiger partial charge on any atom is 0.119 e. The zero-order valence-corrected chi connectivity index (χ0v) is 12.2. The lowest BCUT2D eigenvalue weighted by Gasteiger charge is -2.32. The van der Waals surface area contributed by atoms with Crippen molar-refractivity contribution in [2.24, 2.45) is 11.1 Å². The van der Waals surface area contributed by atoms with Crippen molar-refractivity contribution < 1.29 is 4.74 Å². The first kappa shape index (κ1) is 14.4. The van der Waals surface area contributed by atoms with E-state index in [9.17, 15) is 0 Å². The molecule has 0 amide bonds. The van der Waals surface area contributed by atoms with E-state index in [-0.39, 0.29) is 0 Å². The van der Waals surface area contributed by atoms with Crippen LogP contribution in [0.15, 0.2) is 24.3 Å². The highest BCUT2D eigenvalue weighted by Crippen LogP contribution is 2.37. The van der Waals surface area contributed by atoms with Gasteiger partial charge in [0.05, 0.1) is 7.11 Å². The van der Waals surface area contributed by atoms with E-state index in [0.29, 0.717) is 5.41 Å². The maximum atomic E-state index is 6.01. The topological polar surface area (TPSA) is 38.5 Å². The molecule has 0 unspecified atom stereocenters. The number of hydrogen-bond acceptors (Lipinski definition) is 3. The third kappa shape index (κ3) is 3.71. The van der Waals surface area contributed by atoms with Crippen LogP contribution in [0.25, 0.3) is 0 Å². The van der Waals surface area contributed by atoms with Gasteiger partial charge in [0.25, 0.3) is 0 Å². The van der Waals surface area contributed by atoms with Gasteiger partial charge in [0.1, 0.15) is 5.75 Å². The Hall–Kier alpha value is -1.06. The SMILES string of the molecule is COc1cccc(CN(C)CC2(CN)CCCC2)c1. The summed E-state index contributed by atoms with van der Waals surface area (Å²) in [5.74, 6) is 0.931.